The second kappa shape index (κ2) is 7.65. The molecule has 7 nitrogen and oxygen atoms in total. The Labute approximate surface area is 148 Å². The maximum Gasteiger partial charge on any atom is 0.279 e. The molecule has 0 saturated carbocycles. The third kappa shape index (κ3) is 4.66. The van der Waals surface area contributed by atoms with Gasteiger partial charge in [-0.15, -0.1) is 0 Å². The summed E-state index contributed by atoms with van der Waals surface area (Å²) in [4.78, 5) is 0. The van der Waals surface area contributed by atoms with Crippen LogP contribution in [-0.2, 0) is 21.4 Å². The number of nitrogens with zero attached hydrogens (tertiary/aromatic N) is 3. The summed E-state index contributed by atoms with van der Waals surface area (Å²) < 4.78 is 36.4. The van der Waals surface area contributed by atoms with E-state index in [1.54, 1.807) is 10.9 Å². The summed E-state index contributed by atoms with van der Waals surface area (Å²) >= 11 is 0. The summed E-state index contributed by atoms with van der Waals surface area (Å²) in [5.74, 6) is 0. The van der Waals surface area contributed by atoms with E-state index < -0.39 is 10.2 Å². The maximum atomic E-state index is 12.4. The third-order valence-electron chi connectivity index (χ3n) is 4.13. The molecule has 136 valence electrons. The van der Waals surface area contributed by atoms with Gasteiger partial charge in [0.2, 0.25) is 0 Å². The molecule has 1 aromatic heterocycles. The molecule has 2 heterocycles. The minimum Gasteiger partial charge on any atom is -0.373 e. The molecular formula is C17H24N4O3S. The zero-order valence-corrected chi connectivity index (χ0v) is 15.3. The highest BCUT2D eigenvalue weighted by Gasteiger charge is 2.30. The molecule has 3 rings (SSSR count). The van der Waals surface area contributed by atoms with Crippen LogP contribution >= 0.6 is 0 Å². The highest BCUT2D eigenvalue weighted by atomic mass is 32.2. The second-order valence-corrected chi connectivity index (χ2v) is 8.10. The van der Waals surface area contributed by atoms with Crippen LogP contribution in [0.1, 0.15) is 19.4 Å². The zero-order valence-electron chi connectivity index (χ0n) is 14.5. The summed E-state index contributed by atoms with van der Waals surface area (Å²) in [5, 5.41) is 4.18. The number of hydrogen-bond donors (Lipinski definition) is 1. The van der Waals surface area contributed by atoms with Gasteiger partial charge in [-0.05, 0) is 44.0 Å². The van der Waals surface area contributed by atoms with Crippen molar-refractivity contribution in [1.29, 1.82) is 0 Å². The van der Waals surface area contributed by atoms with E-state index in [2.05, 4.69) is 9.82 Å². The fourth-order valence-corrected chi connectivity index (χ4v) is 4.33. The fraction of sp³-hybridized carbons (Fsp3) is 0.471. The summed E-state index contributed by atoms with van der Waals surface area (Å²) in [6.45, 7) is 4.92. The summed E-state index contributed by atoms with van der Waals surface area (Å²) in [7, 11) is -3.47. The van der Waals surface area contributed by atoms with Gasteiger partial charge in [0.1, 0.15) is 0 Å². The van der Waals surface area contributed by atoms with Crippen molar-refractivity contribution >= 4 is 10.2 Å². The van der Waals surface area contributed by atoms with Gasteiger partial charge in [0.05, 0.1) is 17.9 Å². The summed E-state index contributed by atoms with van der Waals surface area (Å²) in [6, 6.07) is 9.80. The quantitative estimate of drug-likeness (QED) is 0.840. The predicted molar refractivity (Wildman–Crippen MR) is 95.8 cm³/mol. The lowest BCUT2D eigenvalue weighted by Gasteiger charge is -2.34. The van der Waals surface area contributed by atoms with Gasteiger partial charge in [-0.3, -0.25) is 0 Å². The van der Waals surface area contributed by atoms with Crippen LogP contribution in [0.3, 0.4) is 0 Å². The minimum absolute atomic E-state index is 0.0878. The number of benzene rings is 1. The Kier molecular flexibility index (Phi) is 5.53. The molecule has 2 unspecified atom stereocenters. The number of nitrogens with one attached hydrogen (secondary N) is 1. The number of hydrogen-bond acceptors (Lipinski definition) is 4. The molecule has 0 aliphatic carbocycles. The lowest BCUT2D eigenvalue weighted by atomic mass is 10.1. The maximum absolute atomic E-state index is 12.4. The van der Waals surface area contributed by atoms with E-state index in [0.717, 1.165) is 11.3 Å². The monoisotopic (exact) mass is 364 g/mol. The molecule has 1 aliphatic rings. The Morgan fingerprint density at radius 3 is 2.48 bits per heavy atom. The first-order valence-corrected chi connectivity index (χ1v) is 9.87. The van der Waals surface area contributed by atoms with Crippen molar-refractivity contribution in [1.82, 2.24) is 18.8 Å². The molecule has 2 aromatic rings. The zero-order chi connectivity index (χ0) is 17.9. The highest BCUT2D eigenvalue weighted by Crippen LogP contribution is 2.14. The van der Waals surface area contributed by atoms with Gasteiger partial charge in [-0.1, -0.05) is 12.1 Å². The van der Waals surface area contributed by atoms with Gasteiger partial charge in [-0.2, -0.15) is 17.8 Å². The summed E-state index contributed by atoms with van der Waals surface area (Å²) in [5.41, 5.74) is 2.05. The standard InChI is InChI=1S/C17H24N4O3S/c1-14-12-20(13-15(2)24-14)25(22,23)19-10-8-16-4-6-17(7-5-16)21-11-3-9-18-21/h3-7,9,11,14-15,19H,8,10,12-13H2,1-2H3. The van der Waals surface area contributed by atoms with Gasteiger partial charge in [0, 0.05) is 32.0 Å². The Morgan fingerprint density at radius 2 is 1.88 bits per heavy atom. The number of rotatable bonds is 6. The van der Waals surface area contributed by atoms with Crippen molar-refractivity contribution in [3.63, 3.8) is 0 Å². The predicted octanol–water partition coefficient (Wildman–Crippen LogP) is 1.36. The molecular weight excluding hydrogens is 340 g/mol. The van der Waals surface area contributed by atoms with Crippen LogP contribution in [0.15, 0.2) is 42.7 Å². The van der Waals surface area contributed by atoms with Gasteiger partial charge in [0.25, 0.3) is 10.2 Å². The first-order valence-electron chi connectivity index (χ1n) is 8.43. The average Bonchev–Trinajstić information content (AvgIpc) is 3.09. The van der Waals surface area contributed by atoms with Crippen molar-refractivity contribution in [3.05, 3.63) is 48.3 Å². The molecule has 1 saturated heterocycles. The lowest BCUT2D eigenvalue weighted by molar-refractivity contribution is -0.0443. The van der Waals surface area contributed by atoms with E-state index in [4.69, 9.17) is 4.74 Å². The Balaban J connectivity index is 1.53. The van der Waals surface area contributed by atoms with Crippen LogP contribution in [0.4, 0.5) is 0 Å². The van der Waals surface area contributed by atoms with E-state index in [0.29, 0.717) is 26.1 Å². The smallest absolute Gasteiger partial charge is 0.279 e. The van der Waals surface area contributed by atoms with E-state index in [9.17, 15) is 8.42 Å². The van der Waals surface area contributed by atoms with Gasteiger partial charge in [0.15, 0.2) is 0 Å². The first kappa shape index (κ1) is 18.1. The van der Waals surface area contributed by atoms with Crippen molar-refractivity contribution in [3.8, 4) is 5.69 Å². The van der Waals surface area contributed by atoms with Crippen molar-refractivity contribution in [2.75, 3.05) is 19.6 Å². The fourth-order valence-electron chi connectivity index (χ4n) is 2.98. The number of aromatic nitrogens is 2. The molecule has 0 spiro atoms. The molecule has 0 radical (unpaired) electrons. The normalized spacial score (nSPS) is 22.2. The molecule has 2 atom stereocenters. The van der Waals surface area contributed by atoms with Crippen molar-refractivity contribution < 1.29 is 13.2 Å². The Hall–Kier alpha value is -1.74. The SMILES string of the molecule is CC1CN(S(=O)(=O)NCCc2ccc(-n3cccn3)cc2)CC(C)O1. The Morgan fingerprint density at radius 1 is 1.20 bits per heavy atom. The van der Waals surface area contributed by atoms with Gasteiger partial charge < -0.3 is 4.74 Å². The van der Waals surface area contributed by atoms with Crippen LogP contribution < -0.4 is 4.72 Å². The second-order valence-electron chi connectivity index (χ2n) is 6.34. The molecule has 8 heteroatoms. The third-order valence-corrected chi connectivity index (χ3v) is 5.68. The molecule has 25 heavy (non-hydrogen) atoms. The molecule has 1 N–H and O–H groups in total. The van der Waals surface area contributed by atoms with E-state index in [-0.39, 0.29) is 12.2 Å². The van der Waals surface area contributed by atoms with Gasteiger partial charge >= 0.3 is 0 Å². The summed E-state index contributed by atoms with van der Waals surface area (Å²) in [6.07, 6.45) is 4.07. The molecule has 1 aromatic carbocycles. The van der Waals surface area contributed by atoms with Crippen LogP contribution in [0, 0.1) is 0 Å². The number of ether oxygens (including phenoxy) is 1. The molecule has 0 bridgehead atoms. The van der Waals surface area contributed by atoms with Crippen LogP contribution in [0.25, 0.3) is 5.69 Å². The van der Waals surface area contributed by atoms with Crippen LogP contribution in [0.5, 0.6) is 0 Å². The average molecular weight is 364 g/mol. The van der Waals surface area contributed by atoms with E-state index >= 15 is 0 Å². The lowest BCUT2D eigenvalue weighted by Crippen LogP contribution is -2.52. The minimum atomic E-state index is -3.47. The van der Waals surface area contributed by atoms with E-state index in [1.165, 1.54) is 4.31 Å². The molecule has 1 aliphatic heterocycles. The molecule has 0 amide bonds. The number of morpholine rings is 1. The first-order chi connectivity index (χ1) is 11.9. The van der Waals surface area contributed by atoms with Crippen molar-refractivity contribution in [2.24, 2.45) is 0 Å². The van der Waals surface area contributed by atoms with Gasteiger partial charge in [-0.25, -0.2) is 9.40 Å². The van der Waals surface area contributed by atoms with Crippen LogP contribution in [0.2, 0.25) is 0 Å². The topological polar surface area (TPSA) is 76.5 Å². The van der Waals surface area contributed by atoms with Crippen molar-refractivity contribution in [2.45, 2.75) is 32.5 Å². The largest absolute Gasteiger partial charge is 0.373 e. The van der Waals surface area contributed by atoms with E-state index in [1.807, 2.05) is 50.4 Å². The highest BCUT2D eigenvalue weighted by molar-refractivity contribution is 7.87. The van der Waals surface area contributed by atoms with Crippen LogP contribution in [-0.4, -0.2) is 54.3 Å². The Bertz CT molecular complexity index is 765. The molecule has 1 fully saturated rings.